The first-order chi connectivity index (χ1) is 8.11. The molecule has 0 fully saturated rings. The molecule has 2 aromatic rings. The Morgan fingerprint density at radius 2 is 1.82 bits per heavy atom. The van der Waals surface area contributed by atoms with E-state index in [4.69, 9.17) is 5.26 Å². The summed E-state index contributed by atoms with van der Waals surface area (Å²) in [4.78, 5) is 4.10. The van der Waals surface area contributed by atoms with Crippen LogP contribution in [0.2, 0.25) is 0 Å². The number of fused-ring (bicyclic) bond motifs is 1. The lowest BCUT2D eigenvalue weighted by molar-refractivity contribution is 0.635. The number of aromatic nitrogens is 1. The highest BCUT2D eigenvalue weighted by molar-refractivity contribution is 5.85. The van der Waals surface area contributed by atoms with Gasteiger partial charge in [0.1, 0.15) is 11.3 Å². The number of benzene rings is 1. The first kappa shape index (κ1) is 13.1. The predicted octanol–water partition coefficient (Wildman–Crippen LogP) is 3.89. The van der Waals surface area contributed by atoms with Crippen LogP contribution in [0.5, 0.6) is 0 Å². The van der Waals surface area contributed by atoms with E-state index in [0.717, 1.165) is 5.56 Å². The monoisotopic (exact) mass is 230 g/mol. The minimum Gasteiger partial charge on any atom is -0.250 e. The molecule has 2 rings (SSSR count). The molecule has 1 heterocycles. The number of nitriles is 1. The van der Waals surface area contributed by atoms with Crippen LogP contribution in [-0.4, -0.2) is 4.98 Å². The van der Waals surface area contributed by atoms with Gasteiger partial charge < -0.3 is 0 Å². The quantitative estimate of drug-likeness (QED) is 0.688. The summed E-state index contributed by atoms with van der Waals surface area (Å²) in [5.41, 5.74) is 2.20. The smallest absolute Gasteiger partial charge is 0.149 e. The Balaban J connectivity index is 0.000000686. The molecule has 0 aliphatic carbocycles. The van der Waals surface area contributed by atoms with Gasteiger partial charge in [-0.05, 0) is 37.6 Å². The van der Waals surface area contributed by atoms with Crippen LogP contribution in [0.4, 0.5) is 4.39 Å². The van der Waals surface area contributed by atoms with Gasteiger partial charge in [-0.25, -0.2) is 9.37 Å². The number of rotatable bonds is 0. The molecule has 0 radical (unpaired) electrons. The largest absolute Gasteiger partial charge is 0.250 e. The van der Waals surface area contributed by atoms with Crippen molar-refractivity contribution >= 4 is 10.9 Å². The molecule has 3 heteroatoms. The SMILES string of the molecule is CC.Cc1cc(F)c2nc(C)cc(C#N)c2c1. The topological polar surface area (TPSA) is 36.7 Å². The van der Waals surface area contributed by atoms with Crippen LogP contribution in [0, 0.1) is 31.0 Å². The van der Waals surface area contributed by atoms with Gasteiger partial charge in [0, 0.05) is 11.1 Å². The third kappa shape index (κ3) is 2.59. The van der Waals surface area contributed by atoms with Gasteiger partial charge in [-0.15, -0.1) is 0 Å². The third-order valence-electron chi connectivity index (χ3n) is 2.26. The van der Waals surface area contributed by atoms with Crippen LogP contribution >= 0.6 is 0 Å². The first-order valence-corrected chi connectivity index (χ1v) is 5.59. The molecule has 0 atom stereocenters. The van der Waals surface area contributed by atoms with Crippen molar-refractivity contribution in [1.82, 2.24) is 4.98 Å². The van der Waals surface area contributed by atoms with Gasteiger partial charge >= 0.3 is 0 Å². The van der Waals surface area contributed by atoms with Crippen LogP contribution in [-0.2, 0) is 0 Å². The normalized spacial score (nSPS) is 9.41. The molecule has 0 spiro atoms. The minimum absolute atomic E-state index is 0.275. The van der Waals surface area contributed by atoms with E-state index < -0.39 is 0 Å². The number of pyridine rings is 1. The maximum absolute atomic E-state index is 13.6. The molecular formula is C14H15FN2. The van der Waals surface area contributed by atoms with Crippen molar-refractivity contribution in [2.75, 3.05) is 0 Å². The molecule has 0 aliphatic heterocycles. The Bertz CT molecular complexity index is 583. The molecule has 0 amide bonds. The van der Waals surface area contributed by atoms with Crippen molar-refractivity contribution in [2.45, 2.75) is 27.7 Å². The van der Waals surface area contributed by atoms with Crippen molar-refractivity contribution in [3.05, 3.63) is 40.8 Å². The van der Waals surface area contributed by atoms with E-state index in [1.807, 2.05) is 13.8 Å². The summed E-state index contributed by atoms with van der Waals surface area (Å²) >= 11 is 0. The van der Waals surface area contributed by atoms with Crippen molar-refractivity contribution in [2.24, 2.45) is 0 Å². The number of halogens is 1. The first-order valence-electron chi connectivity index (χ1n) is 5.59. The number of hydrogen-bond donors (Lipinski definition) is 0. The second-order valence-corrected chi connectivity index (χ2v) is 3.57. The van der Waals surface area contributed by atoms with Gasteiger partial charge in [0.2, 0.25) is 0 Å². The Morgan fingerprint density at radius 3 is 2.41 bits per heavy atom. The van der Waals surface area contributed by atoms with Gasteiger partial charge in [0.05, 0.1) is 11.6 Å². The highest BCUT2D eigenvalue weighted by atomic mass is 19.1. The Morgan fingerprint density at radius 1 is 1.18 bits per heavy atom. The van der Waals surface area contributed by atoms with Crippen LogP contribution < -0.4 is 0 Å². The Labute approximate surface area is 101 Å². The lowest BCUT2D eigenvalue weighted by Crippen LogP contribution is -1.92. The van der Waals surface area contributed by atoms with E-state index in [2.05, 4.69) is 11.1 Å². The number of aryl methyl sites for hydroxylation is 2. The fourth-order valence-electron chi connectivity index (χ4n) is 1.64. The van der Waals surface area contributed by atoms with Crippen LogP contribution in [0.1, 0.15) is 30.7 Å². The summed E-state index contributed by atoms with van der Waals surface area (Å²) in [6.07, 6.45) is 0. The van der Waals surface area contributed by atoms with Gasteiger partial charge in [-0.2, -0.15) is 5.26 Å². The minimum atomic E-state index is -0.370. The third-order valence-corrected chi connectivity index (χ3v) is 2.26. The number of nitrogens with zero attached hydrogens (tertiary/aromatic N) is 2. The Kier molecular flexibility index (Phi) is 4.17. The van der Waals surface area contributed by atoms with E-state index >= 15 is 0 Å². The van der Waals surface area contributed by atoms with Crippen molar-refractivity contribution in [1.29, 1.82) is 5.26 Å². The van der Waals surface area contributed by atoms with E-state index in [-0.39, 0.29) is 11.3 Å². The maximum atomic E-state index is 13.6. The highest BCUT2D eigenvalue weighted by Crippen LogP contribution is 2.22. The summed E-state index contributed by atoms with van der Waals surface area (Å²) in [5.74, 6) is -0.370. The van der Waals surface area contributed by atoms with Gasteiger partial charge in [-0.1, -0.05) is 13.8 Å². The van der Waals surface area contributed by atoms with Crippen LogP contribution in [0.15, 0.2) is 18.2 Å². The zero-order chi connectivity index (χ0) is 13.0. The molecule has 0 unspecified atom stereocenters. The summed E-state index contributed by atoms with van der Waals surface area (Å²) in [6, 6.07) is 6.93. The van der Waals surface area contributed by atoms with E-state index in [1.165, 1.54) is 6.07 Å². The van der Waals surface area contributed by atoms with E-state index in [9.17, 15) is 4.39 Å². The molecule has 88 valence electrons. The second kappa shape index (κ2) is 5.40. The molecule has 17 heavy (non-hydrogen) atoms. The maximum Gasteiger partial charge on any atom is 0.149 e. The standard InChI is InChI=1S/C12H9FN2.C2H6/c1-7-3-10-9(6-14)5-8(2)15-12(10)11(13)4-7;1-2/h3-5H,1-2H3;1-2H3. The van der Waals surface area contributed by atoms with Crippen LogP contribution in [0.25, 0.3) is 10.9 Å². The molecule has 0 bridgehead atoms. The second-order valence-electron chi connectivity index (χ2n) is 3.57. The summed E-state index contributed by atoms with van der Waals surface area (Å²) in [7, 11) is 0. The van der Waals surface area contributed by atoms with Crippen LogP contribution in [0.3, 0.4) is 0 Å². The summed E-state index contributed by atoms with van der Waals surface area (Å²) in [5, 5.41) is 9.53. The lowest BCUT2D eigenvalue weighted by Gasteiger charge is -2.04. The van der Waals surface area contributed by atoms with Crippen molar-refractivity contribution < 1.29 is 4.39 Å². The molecule has 0 saturated carbocycles. The summed E-state index contributed by atoms with van der Waals surface area (Å²) in [6.45, 7) is 7.54. The summed E-state index contributed by atoms with van der Waals surface area (Å²) < 4.78 is 13.6. The number of hydrogen-bond acceptors (Lipinski definition) is 2. The Hall–Kier alpha value is -1.95. The van der Waals surface area contributed by atoms with Crippen molar-refractivity contribution in [3.8, 4) is 6.07 Å². The molecular weight excluding hydrogens is 215 g/mol. The fraction of sp³-hybridized carbons (Fsp3) is 0.286. The molecule has 0 aliphatic rings. The average molecular weight is 230 g/mol. The zero-order valence-corrected chi connectivity index (χ0v) is 10.5. The van der Waals surface area contributed by atoms with E-state index in [0.29, 0.717) is 16.6 Å². The molecule has 1 aromatic heterocycles. The fourth-order valence-corrected chi connectivity index (χ4v) is 1.64. The van der Waals surface area contributed by atoms with Gasteiger partial charge in [0.15, 0.2) is 0 Å². The van der Waals surface area contributed by atoms with Crippen molar-refractivity contribution in [3.63, 3.8) is 0 Å². The highest BCUT2D eigenvalue weighted by Gasteiger charge is 2.08. The van der Waals surface area contributed by atoms with Gasteiger partial charge in [0.25, 0.3) is 0 Å². The van der Waals surface area contributed by atoms with Gasteiger partial charge in [-0.3, -0.25) is 0 Å². The molecule has 1 aromatic carbocycles. The lowest BCUT2D eigenvalue weighted by atomic mass is 10.1. The predicted molar refractivity (Wildman–Crippen MR) is 67.2 cm³/mol. The van der Waals surface area contributed by atoms with E-state index in [1.54, 1.807) is 26.0 Å². The molecule has 2 nitrogen and oxygen atoms in total. The average Bonchev–Trinajstić information content (AvgIpc) is 2.32. The molecule has 0 saturated heterocycles. The zero-order valence-electron chi connectivity index (χ0n) is 10.5. The molecule has 0 N–H and O–H groups in total.